The maximum absolute atomic E-state index is 11.8. The molecule has 0 unspecified atom stereocenters. The monoisotopic (exact) mass is 285 g/mol. The van der Waals surface area contributed by atoms with Crippen LogP contribution in [0.5, 0.6) is 5.75 Å². The van der Waals surface area contributed by atoms with Gasteiger partial charge in [-0.25, -0.2) is 0 Å². The van der Waals surface area contributed by atoms with E-state index in [9.17, 15) is 4.79 Å². The highest BCUT2D eigenvalue weighted by molar-refractivity contribution is 5.92. The molecule has 0 saturated carbocycles. The number of nitrogens with two attached hydrogens (primary N) is 1. The Morgan fingerprint density at radius 3 is 2.90 bits per heavy atom. The highest BCUT2D eigenvalue weighted by Gasteiger charge is 2.16. The Balaban J connectivity index is 2.00. The maximum atomic E-state index is 11.8. The highest BCUT2D eigenvalue weighted by atomic mass is 16.5. The van der Waals surface area contributed by atoms with Crippen molar-refractivity contribution in [2.24, 2.45) is 0 Å². The lowest BCUT2D eigenvalue weighted by Gasteiger charge is -2.06. The molecule has 0 aliphatic rings. The number of carbonyl (C=O) groups excluding carboxylic acids is 1. The maximum Gasteiger partial charge on any atom is 0.264 e. The van der Waals surface area contributed by atoms with Gasteiger partial charge in [-0.1, -0.05) is 6.07 Å². The molecule has 1 heterocycles. The van der Waals surface area contributed by atoms with Crippen molar-refractivity contribution in [3.8, 4) is 11.8 Å². The number of furan rings is 1. The van der Waals surface area contributed by atoms with Crippen LogP contribution in [-0.2, 0) is 4.79 Å². The number of nitrogen functional groups attached to an aromatic ring is 1. The summed E-state index contributed by atoms with van der Waals surface area (Å²) in [6.07, 6.45) is 0. The van der Waals surface area contributed by atoms with Gasteiger partial charge in [0, 0.05) is 17.3 Å². The molecule has 1 aromatic heterocycles. The molecule has 6 heteroatoms. The molecule has 3 N–H and O–H groups in total. The second-order valence-corrected chi connectivity index (χ2v) is 4.51. The first kappa shape index (κ1) is 14.5. The van der Waals surface area contributed by atoms with Crippen LogP contribution in [0.25, 0.3) is 0 Å². The Labute approximate surface area is 122 Å². The van der Waals surface area contributed by atoms with Crippen molar-refractivity contribution in [3.63, 3.8) is 0 Å². The van der Waals surface area contributed by atoms with Crippen LogP contribution in [0.15, 0.2) is 28.7 Å². The van der Waals surface area contributed by atoms with Gasteiger partial charge >= 0.3 is 0 Å². The molecule has 0 atom stereocenters. The second kappa shape index (κ2) is 6.01. The van der Waals surface area contributed by atoms with E-state index in [0.717, 1.165) is 0 Å². The molecule has 0 aliphatic heterocycles. The van der Waals surface area contributed by atoms with Crippen molar-refractivity contribution >= 4 is 17.5 Å². The van der Waals surface area contributed by atoms with Crippen LogP contribution in [-0.4, -0.2) is 12.5 Å². The SMILES string of the molecule is Cc1oc(NC(=O)COc2cccc(N)c2)c(C#N)c1C. The van der Waals surface area contributed by atoms with Crippen molar-refractivity contribution in [3.05, 3.63) is 41.2 Å². The van der Waals surface area contributed by atoms with Gasteiger partial charge in [0.1, 0.15) is 23.1 Å². The first-order valence-corrected chi connectivity index (χ1v) is 6.29. The third kappa shape index (κ3) is 3.34. The number of nitrogens with one attached hydrogen (secondary N) is 1. The summed E-state index contributed by atoms with van der Waals surface area (Å²) in [5, 5.41) is 11.6. The van der Waals surface area contributed by atoms with Crippen molar-refractivity contribution in [2.45, 2.75) is 13.8 Å². The summed E-state index contributed by atoms with van der Waals surface area (Å²) < 4.78 is 10.7. The largest absolute Gasteiger partial charge is 0.484 e. The first-order chi connectivity index (χ1) is 10.0. The van der Waals surface area contributed by atoms with Crippen molar-refractivity contribution in [2.75, 3.05) is 17.7 Å². The van der Waals surface area contributed by atoms with E-state index in [1.807, 2.05) is 6.07 Å². The number of anilines is 2. The van der Waals surface area contributed by atoms with Crippen LogP contribution < -0.4 is 15.8 Å². The predicted octanol–water partition coefficient (Wildman–Crippen LogP) is 2.37. The van der Waals surface area contributed by atoms with E-state index in [1.165, 1.54) is 0 Å². The molecule has 0 fully saturated rings. The molecule has 0 saturated heterocycles. The smallest absolute Gasteiger partial charge is 0.264 e. The quantitative estimate of drug-likeness (QED) is 0.840. The summed E-state index contributed by atoms with van der Waals surface area (Å²) in [5.41, 5.74) is 7.20. The van der Waals surface area contributed by atoms with Crippen LogP contribution in [0.3, 0.4) is 0 Å². The summed E-state index contributed by atoms with van der Waals surface area (Å²) in [4.78, 5) is 11.8. The molecule has 21 heavy (non-hydrogen) atoms. The van der Waals surface area contributed by atoms with Gasteiger partial charge in [-0.15, -0.1) is 0 Å². The van der Waals surface area contributed by atoms with E-state index in [1.54, 1.807) is 38.1 Å². The van der Waals surface area contributed by atoms with Gasteiger partial charge in [0.15, 0.2) is 6.61 Å². The molecule has 0 radical (unpaired) electrons. The third-order valence-corrected chi connectivity index (χ3v) is 2.98. The van der Waals surface area contributed by atoms with Crippen LogP contribution in [0.4, 0.5) is 11.6 Å². The number of benzene rings is 1. The molecule has 108 valence electrons. The number of rotatable bonds is 4. The average molecular weight is 285 g/mol. The number of nitrogens with zero attached hydrogens (tertiary/aromatic N) is 1. The zero-order valence-corrected chi connectivity index (χ0v) is 11.8. The minimum atomic E-state index is -0.414. The van der Waals surface area contributed by atoms with E-state index in [2.05, 4.69) is 5.32 Å². The minimum absolute atomic E-state index is 0.147. The van der Waals surface area contributed by atoms with Gasteiger partial charge in [0.25, 0.3) is 5.91 Å². The normalized spacial score (nSPS) is 9.95. The molecule has 2 aromatic rings. The number of ether oxygens (including phenoxy) is 1. The zero-order valence-electron chi connectivity index (χ0n) is 11.8. The Morgan fingerprint density at radius 1 is 1.48 bits per heavy atom. The summed E-state index contributed by atoms with van der Waals surface area (Å²) in [6.45, 7) is 3.29. The molecule has 2 rings (SSSR count). The number of amides is 1. The fraction of sp³-hybridized carbons (Fsp3) is 0.200. The fourth-order valence-electron chi connectivity index (χ4n) is 1.77. The second-order valence-electron chi connectivity index (χ2n) is 4.51. The van der Waals surface area contributed by atoms with E-state index in [4.69, 9.17) is 20.1 Å². The third-order valence-electron chi connectivity index (χ3n) is 2.98. The lowest BCUT2D eigenvalue weighted by atomic mass is 10.2. The first-order valence-electron chi connectivity index (χ1n) is 6.29. The van der Waals surface area contributed by atoms with Gasteiger partial charge < -0.3 is 14.9 Å². The van der Waals surface area contributed by atoms with Gasteiger partial charge in [0.2, 0.25) is 5.88 Å². The van der Waals surface area contributed by atoms with Gasteiger partial charge in [-0.2, -0.15) is 5.26 Å². The van der Waals surface area contributed by atoms with Gasteiger partial charge in [-0.3, -0.25) is 10.1 Å². The summed E-state index contributed by atoms with van der Waals surface area (Å²) in [6, 6.07) is 8.78. The minimum Gasteiger partial charge on any atom is -0.484 e. The van der Waals surface area contributed by atoms with Crippen LogP contribution >= 0.6 is 0 Å². The van der Waals surface area contributed by atoms with Gasteiger partial charge in [0.05, 0.1) is 0 Å². The average Bonchev–Trinajstić information content (AvgIpc) is 2.71. The molecular weight excluding hydrogens is 270 g/mol. The Morgan fingerprint density at radius 2 is 2.24 bits per heavy atom. The predicted molar refractivity (Wildman–Crippen MR) is 77.9 cm³/mol. The van der Waals surface area contributed by atoms with E-state index in [-0.39, 0.29) is 12.5 Å². The number of nitriles is 1. The number of aryl methyl sites for hydroxylation is 1. The number of hydrogen-bond acceptors (Lipinski definition) is 5. The van der Waals surface area contributed by atoms with Gasteiger partial charge in [-0.05, 0) is 26.0 Å². The molecule has 6 nitrogen and oxygen atoms in total. The number of carbonyl (C=O) groups is 1. The van der Waals surface area contributed by atoms with Crippen LogP contribution in [0, 0.1) is 25.2 Å². The van der Waals surface area contributed by atoms with E-state index >= 15 is 0 Å². The molecular formula is C15H15N3O3. The fourth-order valence-corrected chi connectivity index (χ4v) is 1.77. The lowest BCUT2D eigenvalue weighted by Crippen LogP contribution is -2.20. The van der Waals surface area contributed by atoms with Crippen molar-refractivity contribution in [1.29, 1.82) is 5.26 Å². The Kier molecular flexibility index (Phi) is 4.14. The topological polar surface area (TPSA) is 101 Å². The molecule has 0 bridgehead atoms. The van der Waals surface area contributed by atoms with E-state index in [0.29, 0.717) is 28.3 Å². The highest BCUT2D eigenvalue weighted by Crippen LogP contribution is 2.25. The lowest BCUT2D eigenvalue weighted by molar-refractivity contribution is -0.118. The van der Waals surface area contributed by atoms with Crippen molar-refractivity contribution in [1.82, 2.24) is 0 Å². The summed E-state index contributed by atoms with van der Waals surface area (Å²) in [5.74, 6) is 0.826. The Bertz CT molecular complexity index is 713. The molecule has 0 spiro atoms. The van der Waals surface area contributed by atoms with Crippen LogP contribution in [0.1, 0.15) is 16.9 Å². The molecule has 1 aromatic carbocycles. The van der Waals surface area contributed by atoms with E-state index < -0.39 is 5.91 Å². The standard InChI is InChI=1S/C15H15N3O3/c1-9-10(2)21-15(13(9)7-16)18-14(19)8-20-12-5-3-4-11(17)6-12/h3-6H,8,17H2,1-2H3,(H,18,19). The molecule has 1 amide bonds. The zero-order chi connectivity index (χ0) is 15.4. The van der Waals surface area contributed by atoms with Crippen molar-refractivity contribution < 1.29 is 13.9 Å². The Hall–Kier alpha value is -2.94. The summed E-state index contributed by atoms with van der Waals surface area (Å²) in [7, 11) is 0. The number of hydrogen-bond donors (Lipinski definition) is 2. The summed E-state index contributed by atoms with van der Waals surface area (Å²) >= 11 is 0. The van der Waals surface area contributed by atoms with Crippen LogP contribution in [0.2, 0.25) is 0 Å². The molecule has 0 aliphatic carbocycles.